The number of rotatable bonds is 3. The molecule has 0 atom stereocenters. The maximum atomic E-state index is 7.67. The lowest BCUT2D eigenvalue weighted by molar-refractivity contribution is -0.667. The summed E-state index contributed by atoms with van der Waals surface area (Å²) < 4.78 is 8.99. The molecule has 5 aromatic rings. The molecule has 34 heavy (non-hydrogen) atoms. The number of nitrogens with zero attached hydrogens (tertiary/aromatic N) is 2. The topological polar surface area (TPSA) is 21.4 Å². The normalized spacial score (nSPS) is 11.5. The highest BCUT2D eigenvalue weighted by atomic mass is 16.3. The molecule has 0 aliphatic rings. The first-order chi connectivity index (χ1) is 16.3. The van der Waals surface area contributed by atoms with E-state index in [2.05, 4.69) is 81.4 Å². The Morgan fingerprint density at radius 1 is 0.853 bits per heavy atom. The van der Waals surface area contributed by atoms with Crippen molar-refractivity contribution in [2.24, 2.45) is 7.05 Å². The highest BCUT2D eigenvalue weighted by Gasteiger charge is 2.26. The Kier molecular flexibility index (Phi) is 5.25. The number of aryl methyl sites for hydroxylation is 2. The van der Waals surface area contributed by atoms with E-state index in [0.29, 0.717) is 11.6 Å². The molecule has 2 heterocycles. The predicted octanol–water partition coefficient (Wildman–Crippen LogP) is 8.34. The van der Waals surface area contributed by atoms with E-state index in [1.807, 2.05) is 30.3 Å². The summed E-state index contributed by atoms with van der Waals surface area (Å²) in [6.07, 6.45) is 0. The molecule has 0 spiro atoms. The molecular formula is C31H29N2O+. The van der Waals surface area contributed by atoms with Crippen molar-refractivity contribution in [3.63, 3.8) is 0 Å². The molecule has 0 saturated carbocycles. The molecule has 0 unspecified atom stereocenters. The highest BCUT2D eigenvalue weighted by molar-refractivity contribution is 6.14. The van der Waals surface area contributed by atoms with Crippen LogP contribution in [0.4, 0.5) is 5.69 Å². The fourth-order valence-electron chi connectivity index (χ4n) is 5.38. The van der Waals surface area contributed by atoms with Crippen molar-refractivity contribution in [3.8, 4) is 22.4 Å². The van der Waals surface area contributed by atoms with Gasteiger partial charge >= 0.3 is 0 Å². The van der Waals surface area contributed by atoms with E-state index in [1.165, 1.54) is 22.4 Å². The molecule has 3 heteroatoms. The van der Waals surface area contributed by atoms with E-state index in [0.717, 1.165) is 44.3 Å². The molecule has 0 bridgehead atoms. The Morgan fingerprint density at radius 3 is 2.26 bits per heavy atom. The van der Waals surface area contributed by atoms with Gasteiger partial charge in [0, 0.05) is 34.9 Å². The van der Waals surface area contributed by atoms with Crippen LogP contribution in [0.2, 0.25) is 0 Å². The molecule has 0 amide bonds. The standard InChI is InChI=1S/C31H29N2O/c1-18(2)28-20(4)15-27(33(7)21(28)5)29-19(3)13-14-24-26-17-23(32-6)16-25(30(26)34-31(24)29)22-11-9-8-10-12-22/h8-18H,1-5,7H3/q+1. The second-order valence-electron chi connectivity index (χ2n) is 9.51. The monoisotopic (exact) mass is 445 g/mol. The summed E-state index contributed by atoms with van der Waals surface area (Å²) in [4.78, 5) is 3.76. The lowest BCUT2D eigenvalue weighted by atomic mass is 9.93. The highest BCUT2D eigenvalue weighted by Crippen LogP contribution is 2.43. The number of pyridine rings is 1. The minimum Gasteiger partial charge on any atom is -0.455 e. The number of fused-ring (bicyclic) bond motifs is 3. The first-order valence-corrected chi connectivity index (χ1v) is 11.7. The Labute approximate surface area is 201 Å². The molecule has 0 aliphatic heterocycles. The van der Waals surface area contributed by atoms with E-state index < -0.39 is 0 Å². The maximum absolute atomic E-state index is 7.67. The Bertz CT molecular complexity index is 1620. The first-order valence-electron chi connectivity index (χ1n) is 11.7. The van der Waals surface area contributed by atoms with Crippen molar-refractivity contribution in [3.05, 3.63) is 94.5 Å². The van der Waals surface area contributed by atoms with Crippen molar-refractivity contribution in [1.82, 2.24) is 0 Å². The fraction of sp³-hybridized carbons (Fsp3) is 0.226. The van der Waals surface area contributed by atoms with Crippen LogP contribution in [0.5, 0.6) is 0 Å². The van der Waals surface area contributed by atoms with E-state index in [1.54, 1.807) is 0 Å². The lowest BCUT2D eigenvalue weighted by Crippen LogP contribution is -2.37. The Balaban J connectivity index is 1.89. The van der Waals surface area contributed by atoms with Gasteiger partial charge < -0.3 is 4.42 Å². The van der Waals surface area contributed by atoms with Gasteiger partial charge in [0.15, 0.2) is 11.4 Å². The number of furan rings is 1. The number of aromatic nitrogens is 1. The summed E-state index contributed by atoms with van der Waals surface area (Å²) in [5.41, 5.74) is 11.7. The molecule has 0 radical (unpaired) electrons. The second-order valence-corrected chi connectivity index (χ2v) is 9.51. The van der Waals surface area contributed by atoms with Gasteiger partial charge in [-0.2, -0.15) is 4.57 Å². The zero-order valence-corrected chi connectivity index (χ0v) is 20.7. The molecule has 0 saturated heterocycles. The maximum Gasteiger partial charge on any atom is 0.216 e. The smallest absolute Gasteiger partial charge is 0.216 e. The second kappa shape index (κ2) is 8.15. The van der Waals surface area contributed by atoms with Gasteiger partial charge in [0.2, 0.25) is 5.69 Å². The van der Waals surface area contributed by atoms with Crippen LogP contribution < -0.4 is 4.57 Å². The summed E-state index contributed by atoms with van der Waals surface area (Å²) in [7, 11) is 2.14. The van der Waals surface area contributed by atoms with Gasteiger partial charge in [0.05, 0.1) is 12.1 Å². The Morgan fingerprint density at radius 2 is 1.59 bits per heavy atom. The quantitative estimate of drug-likeness (QED) is 0.202. The van der Waals surface area contributed by atoms with Gasteiger partial charge in [-0.1, -0.05) is 56.3 Å². The van der Waals surface area contributed by atoms with Crippen molar-refractivity contribution in [2.45, 2.75) is 40.5 Å². The summed E-state index contributed by atoms with van der Waals surface area (Å²) >= 11 is 0. The Hall–Kier alpha value is -3.90. The SMILES string of the molecule is [C-]#[N+]c1cc(-c2ccccc2)c2oc3c(-c4cc(C)c(C(C)C)c(C)[n+]4C)c(C)ccc3c2c1. The van der Waals surface area contributed by atoms with Gasteiger partial charge in [-0.15, -0.1) is 0 Å². The predicted molar refractivity (Wildman–Crippen MR) is 140 cm³/mol. The molecule has 3 nitrogen and oxygen atoms in total. The van der Waals surface area contributed by atoms with Crippen molar-refractivity contribution in [1.29, 1.82) is 0 Å². The molecule has 168 valence electrons. The third-order valence-electron chi connectivity index (χ3n) is 7.01. The molecular weight excluding hydrogens is 416 g/mol. The third-order valence-corrected chi connectivity index (χ3v) is 7.01. The molecule has 0 fully saturated rings. The zero-order chi connectivity index (χ0) is 24.1. The van der Waals surface area contributed by atoms with Crippen molar-refractivity contribution >= 4 is 27.6 Å². The van der Waals surface area contributed by atoms with Crippen LogP contribution >= 0.6 is 0 Å². The average Bonchev–Trinajstić information content (AvgIpc) is 3.19. The minimum absolute atomic E-state index is 0.462. The van der Waals surface area contributed by atoms with Crippen molar-refractivity contribution < 1.29 is 8.98 Å². The van der Waals surface area contributed by atoms with E-state index in [4.69, 9.17) is 11.0 Å². The van der Waals surface area contributed by atoms with Gasteiger partial charge in [0.25, 0.3) is 0 Å². The van der Waals surface area contributed by atoms with Gasteiger partial charge in [-0.25, -0.2) is 4.85 Å². The molecule has 5 rings (SSSR count). The van der Waals surface area contributed by atoms with E-state index in [9.17, 15) is 0 Å². The summed E-state index contributed by atoms with van der Waals surface area (Å²) in [6, 6.07) is 20.7. The van der Waals surface area contributed by atoms with Crippen LogP contribution in [0, 0.1) is 27.3 Å². The minimum atomic E-state index is 0.462. The zero-order valence-electron chi connectivity index (χ0n) is 20.7. The average molecular weight is 446 g/mol. The summed E-state index contributed by atoms with van der Waals surface area (Å²) in [6.45, 7) is 18.7. The molecule has 0 N–H and O–H groups in total. The van der Waals surface area contributed by atoms with Gasteiger partial charge in [-0.05, 0) is 48.6 Å². The number of benzene rings is 3. The number of hydrogen-bond acceptors (Lipinski definition) is 1. The molecule has 3 aromatic carbocycles. The van der Waals surface area contributed by atoms with Crippen LogP contribution in [0.1, 0.15) is 42.1 Å². The van der Waals surface area contributed by atoms with Crippen LogP contribution in [0.3, 0.4) is 0 Å². The molecule has 0 aliphatic carbocycles. The largest absolute Gasteiger partial charge is 0.455 e. The first kappa shape index (κ1) is 21.9. The van der Waals surface area contributed by atoms with Crippen molar-refractivity contribution in [2.75, 3.05) is 0 Å². The van der Waals surface area contributed by atoms with Gasteiger partial charge in [0.1, 0.15) is 18.2 Å². The number of hydrogen-bond donors (Lipinski definition) is 0. The van der Waals surface area contributed by atoms with Gasteiger partial charge in [-0.3, -0.25) is 0 Å². The summed E-state index contributed by atoms with van der Waals surface area (Å²) in [5.74, 6) is 0.462. The van der Waals surface area contributed by atoms with Crippen LogP contribution in [-0.4, -0.2) is 0 Å². The third kappa shape index (κ3) is 3.30. The van der Waals surface area contributed by atoms with Crippen LogP contribution in [-0.2, 0) is 7.05 Å². The van der Waals surface area contributed by atoms with E-state index >= 15 is 0 Å². The van der Waals surface area contributed by atoms with Crippen LogP contribution in [0.15, 0.2) is 65.1 Å². The lowest BCUT2D eigenvalue weighted by Gasteiger charge is -2.15. The van der Waals surface area contributed by atoms with Crippen LogP contribution in [0.25, 0.3) is 49.2 Å². The fourth-order valence-corrected chi connectivity index (χ4v) is 5.38. The molecule has 2 aromatic heterocycles. The summed E-state index contributed by atoms with van der Waals surface area (Å²) in [5, 5.41) is 2.03. The van der Waals surface area contributed by atoms with E-state index in [-0.39, 0.29) is 0 Å².